The quantitative estimate of drug-likeness (QED) is 0.505. The van der Waals surface area contributed by atoms with E-state index < -0.39 is 32.4 Å². The fraction of sp³-hybridized carbons (Fsp3) is 0. The minimum atomic E-state index is -4.18. The molecule has 2 N–H and O–H groups in total. The highest BCUT2D eigenvalue weighted by Crippen LogP contribution is 2.30. The predicted molar refractivity (Wildman–Crippen MR) is 95.8 cm³/mol. The molecule has 0 spiro atoms. The molecular formula is C17H10ClF2N3O2S. The third-order valence-electron chi connectivity index (χ3n) is 3.93. The molecule has 0 aliphatic rings. The molecule has 0 bridgehead atoms. The van der Waals surface area contributed by atoms with E-state index in [9.17, 15) is 17.2 Å². The van der Waals surface area contributed by atoms with E-state index in [1.165, 1.54) is 6.20 Å². The Hall–Kier alpha value is -2.71. The fourth-order valence-corrected chi connectivity index (χ4v) is 4.11. The molecule has 26 heavy (non-hydrogen) atoms. The van der Waals surface area contributed by atoms with Gasteiger partial charge in [0.2, 0.25) is 0 Å². The molecule has 0 radical (unpaired) electrons. The Morgan fingerprint density at radius 1 is 1.12 bits per heavy atom. The molecule has 0 aliphatic carbocycles. The molecule has 2 aromatic carbocycles. The van der Waals surface area contributed by atoms with Gasteiger partial charge in [0.05, 0.1) is 21.7 Å². The summed E-state index contributed by atoms with van der Waals surface area (Å²) < 4.78 is 54.9. The first-order chi connectivity index (χ1) is 12.4. The Labute approximate surface area is 151 Å². The van der Waals surface area contributed by atoms with Crippen molar-refractivity contribution in [2.75, 3.05) is 4.72 Å². The molecule has 0 atom stereocenters. The van der Waals surface area contributed by atoms with E-state index in [0.717, 1.165) is 5.39 Å². The zero-order chi connectivity index (χ0) is 18.5. The van der Waals surface area contributed by atoms with E-state index in [2.05, 4.69) is 14.7 Å². The fourth-order valence-electron chi connectivity index (χ4n) is 2.73. The van der Waals surface area contributed by atoms with E-state index in [1.807, 2.05) is 6.07 Å². The highest BCUT2D eigenvalue weighted by molar-refractivity contribution is 7.93. The Bertz CT molecular complexity index is 1270. The summed E-state index contributed by atoms with van der Waals surface area (Å²) in [5, 5.41) is 0.790. The van der Waals surface area contributed by atoms with Crippen LogP contribution in [-0.2, 0) is 10.0 Å². The normalized spacial score (nSPS) is 12.0. The van der Waals surface area contributed by atoms with Gasteiger partial charge in [-0.3, -0.25) is 9.71 Å². The van der Waals surface area contributed by atoms with Crippen molar-refractivity contribution in [2.24, 2.45) is 0 Å². The first-order valence-corrected chi connectivity index (χ1v) is 9.25. The van der Waals surface area contributed by atoms with E-state index in [-0.39, 0.29) is 4.90 Å². The van der Waals surface area contributed by atoms with Gasteiger partial charge in [-0.05, 0) is 12.1 Å². The van der Waals surface area contributed by atoms with Gasteiger partial charge in [0, 0.05) is 29.2 Å². The number of aromatic amines is 1. The number of nitrogens with zero attached hydrogens (tertiary/aromatic N) is 1. The van der Waals surface area contributed by atoms with Gasteiger partial charge >= 0.3 is 0 Å². The van der Waals surface area contributed by atoms with Crippen molar-refractivity contribution in [1.29, 1.82) is 0 Å². The van der Waals surface area contributed by atoms with Gasteiger partial charge in [0.1, 0.15) is 16.5 Å². The van der Waals surface area contributed by atoms with Gasteiger partial charge in [0.25, 0.3) is 10.0 Å². The number of anilines is 1. The molecule has 0 amide bonds. The van der Waals surface area contributed by atoms with E-state index in [1.54, 1.807) is 24.4 Å². The number of sulfonamides is 1. The van der Waals surface area contributed by atoms with Crippen molar-refractivity contribution in [2.45, 2.75) is 4.90 Å². The van der Waals surface area contributed by atoms with Crippen molar-refractivity contribution in [1.82, 2.24) is 9.97 Å². The number of H-pyrrole nitrogens is 1. The smallest absolute Gasteiger partial charge is 0.264 e. The minimum absolute atomic E-state index is 0.102. The summed E-state index contributed by atoms with van der Waals surface area (Å²) in [5.74, 6) is -1.91. The van der Waals surface area contributed by atoms with Crippen molar-refractivity contribution < 1.29 is 17.2 Å². The maximum atomic E-state index is 13.9. The first kappa shape index (κ1) is 16.7. The molecule has 2 aromatic heterocycles. The van der Waals surface area contributed by atoms with Crippen LogP contribution in [0, 0.1) is 11.6 Å². The van der Waals surface area contributed by atoms with Gasteiger partial charge in [-0.1, -0.05) is 29.8 Å². The molecule has 2 heterocycles. The molecule has 0 saturated heterocycles. The van der Waals surface area contributed by atoms with Gasteiger partial charge < -0.3 is 4.98 Å². The number of pyridine rings is 1. The van der Waals surface area contributed by atoms with Crippen LogP contribution in [0.3, 0.4) is 0 Å². The Morgan fingerprint density at radius 3 is 2.73 bits per heavy atom. The third-order valence-corrected chi connectivity index (χ3v) is 5.63. The summed E-state index contributed by atoms with van der Waals surface area (Å²) in [6.45, 7) is 0. The van der Waals surface area contributed by atoms with Crippen molar-refractivity contribution >= 4 is 49.1 Å². The molecule has 5 nitrogen and oxygen atoms in total. The summed E-state index contributed by atoms with van der Waals surface area (Å²) in [5.41, 5.74) is 0.613. The molecule has 9 heteroatoms. The zero-order valence-electron chi connectivity index (χ0n) is 12.9. The molecule has 0 aliphatic heterocycles. The first-order valence-electron chi connectivity index (χ1n) is 7.39. The molecule has 4 aromatic rings. The van der Waals surface area contributed by atoms with Gasteiger partial charge in [0.15, 0.2) is 0 Å². The van der Waals surface area contributed by atoms with Gasteiger partial charge in [-0.2, -0.15) is 0 Å². The molecule has 0 unspecified atom stereocenters. The Kier molecular flexibility index (Phi) is 3.82. The highest BCUT2D eigenvalue weighted by Gasteiger charge is 2.22. The van der Waals surface area contributed by atoms with Crippen LogP contribution < -0.4 is 4.72 Å². The topological polar surface area (TPSA) is 74.8 Å². The second kappa shape index (κ2) is 5.93. The monoisotopic (exact) mass is 393 g/mol. The van der Waals surface area contributed by atoms with Crippen LogP contribution in [0.25, 0.3) is 21.8 Å². The van der Waals surface area contributed by atoms with Crippen LogP contribution >= 0.6 is 11.6 Å². The number of fused-ring (bicyclic) bond motifs is 3. The molecular weight excluding hydrogens is 384 g/mol. The van der Waals surface area contributed by atoms with Crippen molar-refractivity contribution in [3.63, 3.8) is 0 Å². The standard InChI is InChI=1S/C17H10ClF2N3O2S/c18-11-6-13(20)14(7-12(11)19)23-26(24,25)15-8-22-17-10(15)4-3-9-2-1-5-21-16(9)17/h1-8,22-23H. The summed E-state index contributed by atoms with van der Waals surface area (Å²) in [6.07, 6.45) is 2.88. The molecule has 0 fully saturated rings. The summed E-state index contributed by atoms with van der Waals surface area (Å²) in [4.78, 5) is 7.04. The van der Waals surface area contributed by atoms with Crippen molar-refractivity contribution in [3.8, 4) is 0 Å². The van der Waals surface area contributed by atoms with Crippen molar-refractivity contribution in [3.05, 3.63) is 65.4 Å². The molecule has 0 saturated carbocycles. The molecule has 4 rings (SSSR count). The van der Waals surface area contributed by atoms with Crippen LogP contribution in [0.4, 0.5) is 14.5 Å². The summed E-state index contributed by atoms with van der Waals surface area (Å²) >= 11 is 5.49. The van der Waals surface area contributed by atoms with E-state index >= 15 is 0 Å². The second-order valence-corrected chi connectivity index (χ2v) is 7.63. The number of aromatic nitrogens is 2. The maximum Gasteiger partial charge on any atom is 0.264 e. The number of halogens is 3. The van der Waals surface area contributed by atoms with Crippen LogP contribution in [-0.4, -0.2) is 18.4 Å². The third kappa shape index (κ3) is 2.67. The number of rotatable bonds is 3. The van der Waals surface area contributed by atoms with E-state index in [0.29, 0.717) is 28.6 Å². The number of hydrogen-bond donors (Lipinski definition) is 2. The lowest BCUT2D eigenvalue weighted by Crippen LogP contribution is -2.14. The lowest BCUT2D eigenvalue weighted by Gasteiger charge is -2.09. The van der Waals surface area contributed by atoms with Crippen LogP contribution in [0.1, 0.15) is 0 Å². The van der Waals surface area contributed by atoms with Crippen LogP contribution in [0.15, 0.2) is 53.7 Å². The minimum Gasteiger partial charge on any atom is -0.358 e. The summed E-state index contributed by atoms with van der Waals surface area (Å²) in [6, 6.07) is 8.39. The Balaban J connectivity index is 1.84. The average molecular weight is 394 g/mol. The SMILES string of the molecule is O=S(=O)(Nc1cc(F)c(Cl)cc1F)c1c[nH]c2c1ccc1cccnc12. The van der Waals surface area contributed by atoms with Gasteiger partial charge in [-0.15, -0.1) is 0 Å². The number of nitrogens with one attached hydrogen (secondary N) is 2. The predicted octanol–water partition coefficient (Wildman–Crippen LogP) is 4.45. The van der Waals surface area contributed by atoms with E-state index in [4.69, 9.17) is 11.6 Å². The van der Waals surface area contributed by atoms with Gasteiger partial charge in [-0.25, -0.2) is 17.2 Å². The largest absolute Gasteiger partial charge is 0.358 e. The average Bonchev–Trinajstić information content (AvgIpc) is 3.05. The van der Waals surface area contributed by atoms with Crippen LogP contribution in [0.2, 0.25) is 5.02 Å². The lowest BCUT2D eigenvalue weighted by atomic mass is 10.1. The number of benzene rings is 2. The summed E-state index contributed by atoms with van der Waals surface area (Å²) in [7, 11) is -4.18. The Morgan fingerprint density at radius 2 is 1.92 bits per heavy atom. The second-order valence-electron chi connectivity index (χ2n) is 5.57. The van der Waals surface area contributed by atoms with Crippen LogP contribution in [0.5, 0.6) is 0 Å². The number of hydrogen-bond acceptors (Lipinski definition) is 3. The zero-order valence-corrected chi connectivity index (χ0v) is 14.5. The lowest BCUT2D eigenvalue weighted by molar-refractivity contribution is 0.595. The highest BCUT2D eigenvalue weighted by atomic mass is 35.5. The molecule has 132 valence electrons. The maximum absolute atomic E-state index is 13.9.